The van der Waals surface area contributed by atoms with Crippen LogP contribution in [0.4, 0.5) is 4.39 Å². The number of benzene rings is 1. The first-order valence-corrected chi connectivity index (χ1v) is 9.02. The second-order valence-corrected chi connectivity index (χ2v) is 8.38. The van der Waals surface area contributed by atoms with Gasteiger partial charge in [-0.1, -0.05) is 0 Å². The third kappa shape index (κ3) is 2.88. The molecule has 25 heavy (non-hydrogen) atoms. The molecule has 1 aromatic carbocycles. The maximum atomic E-state index is 13.0. The van der Waals surface area contributed by atoms with Gasteiger partial charge in [0.05, 0.1) is 11.0 Å². The zero-order chi connectivity index (χ0) is 17.8. The van der Waals surface area contributed by atoms with E-state index in [1.54, 1.807) is 6.92 Å². The Morgan fingerprint density at radius 2 is 1.76 bits per heavy atom. The minimum atomic E-state index is -0.916. The summed E-state index contributed by atoms with van der Waals surface area (Å²) in [5, 5.41) is 10.8. The van der Waals surface area contributed by atoms with Crippen molar-refractivity contribution in [1.82, 2.24) is 0 Å². The van der Waals surface area contributed by atoms with Crippen molar-refractivity contribution in [1.29, 1.82) is 0 Å². The zero-order valence-corrected chi connectivity index (χ0v) is 14.3. The largest absolute Gasteiger partial charge is 0.454 e. The first-order valence-electron chi connectivity index (χ1n) is 9.02. The molecule has 0 heterocycles. The van der Waals surface area contributed by atoms with Gasteiger partial charge >= 0.3 is 5.97 Å². The summed E-state index contributed by atoms with van der Waals surface area (Å²) < 4.78 is 18.5. The molecule has 0 saturated heterocycles. The highest BCUT2D eigenvalue weighted by Gasteiger charge is 2.61. The molecule has 4 bridgehead atoms. The number of carbonyl (C=O) groups excluding carboxylic acids is 2. The molecule has 4 aliphatic rings. The maximum Gasteiger partial charge on any atom is 0.312 e. The van der Waals surface area contributed by atoms with Crippen molar-refractivity contribution in [3.63, 3.8) is 0 Å². The van der Waals surface area contributed by atoms with Gasteiger partial charge in [0.25, 0.3) is 0 Å². The van der Waals surface area contributed by atoms with Crippen molar-refractivity contribution >= 4 is 11.8 Å². The Labute approximate surface area is 146 Å². The summed E-state index contributed by atoms with van der Waals surface area (Å²) in [6.45, 7) is 1.55. The highest BCUT2D eigenvalue weighted by molar-refractivity contribution is 6.00. The third-order valence-corrected chi connectivity index (χ3v) is 6.25. The summed E-state index contributed by atoms with van der Waals surface area (Å²) in [5.41, 5.74) is -1.06. The van der Waals surface area contributed by atoms with Crippen molar-refractivity contribution in [2.75, 3.05) is 0 Å². The highest BCUT2D eigenvalue weighted by Crippen LogP contribution is 2.62. The van der Waals surface area contributed by atoms with Gasteiger partial charge in [0.1, 0.15) is 5.82 Å². The van der Waals surface area contributed by atoms with Gasteiger partial charge in [0.15, 0.2) is 6.10 Å². The molecule has 0 aromatic heterocycles. The zero-order valence-electron chi connectivity index (χ0n) is 14.3. The van der Waals surface area contributed by atoms with Crippen molar-refractivity contribution in [3.05, 3.63) is 35.6 Å². The molecule has 4 fully saturated rings. The smallest absolute Gasteiger partial charge is 0.312 e. The minimum absolute atomic E-state index is 0.325. The fourth-order valence-corrected chi connectivity index (χ4v) is 5.64. The van der Waals surface area contributed by atoms with Gasteiger partial charge in [-0.15, -0.1) is 0 Å². The first-order chi connectivity index (χ1) is 11.8. The minimum Gasteiger partial charge on any atom is -0.454 e. The predicted octanol–water partition coefficient (Wildman–Crippen LogP) is 3.27. The van der Waals surface area contributed by atoms with Crippen LogP contribution in [0.15, 0.2) is 24.3 Å². The summed E-state index contributed by atoms with van der Waals surface area (Å²) >= 11 is 0. The van der Waals surface area contributed by atoms with Crippen LogP contribution in [0.2, 0.25) is 0 Å². The van der Waals surface area contributed by atoms with Gasteiger partial charge in [0.2, 0.25) is 5.78 Å². The van der Waals surface area contributed by atoms with Gasteiger partial charge in [-0.25, -0.2) is 4.39 Å². The lowest BCUT2D eigenvalue weighted by atomic mass is 9.48. The molecule has 4 aliphatic carbocycles. The molecule has 0 radical (unpaired) electrons. The molecule has 3 atom stereocenters. The molecule has 4 saturated carbocycles. The molecule has 1 aromatic rings. The third-order valence-electron chi connectivity index (χ3n) is 6.25. The van der Waals surface area contributed by atoms with Gasteiger partial charge in [-0.2, -0.15) is 0 Å². The van der Waals surface area contributed by atoms with E-state index in [4.69, 9.17) is 4.74 Å². The number of hydrogen-bond acceptors (Lipinski definition) is 4. The van der Waals surface area contributed by atoms with Crippen LogP contribution in [0.5, 0.6) is 0 Å². The van der Waals surface area contributed by atoms with Crippen LogP contribution in [-0.2, 0) is 9.53 Å². The van der Waals surface area contributed by atoms with E-state index in [2.05, 4.69) is 0 Å². The highest BCUT2D eigenvalue weighted by atomic mass is 19.1. The van der Waals surface area contributed by atoms with Crippen LogP contribution in [0.25, 0.3) is 0 Å². The van der Waals surface area contributed by atoms with Gasteiger partial charge in [0, 0.05) is 5.56 Å². The predicted molar refractivity (Wildman–Crippen MR) is 88.3 cm³/mol. The van der Waals surface area contributed by atoms with Gasteiger partial charge < -0.3 is 9.84 Å². The molecule has 134 valence electrons. The number of aliphatic hydroxyl groups is 1. The number of ether oxygens (including phenoxy) is 1. The second kappa shape index (κ2) is 5.63. The van der Waals surface area contributed by atoms with Crippen LogP contribution in [0.3, 0.4) is 0 Å². The fourth-order valence-electron chi connectivity index (χ4n) is 5.64. The average Bonchev–Trinajstić information content (AvgIpc) is 2.52. The van der Waals surface area contributed by atoms with Crippen molar-refractivity contribution < 1.29 is 23.8 Å². The van der Waals surface area contributed by atoms with Gasteiger partial charge in [-0.05, 0) is 81.5 Å². The SMILES string of the molecule is CC(OC(=O)C12CC3CC(CC(O)(C3)C1)C2)C(=O)c1ccc(F)cc1. The number of ketones is 1. The van der Waals surface area contributed by atoms with E-state index >= 15 is 0 Å². The Bertz CT molecular complexity index is 697. The van der Waals surface area contributed by atoms with Crippen LogP contribution in [0, 0.1) is 23.1 Å². The standard InChI is InChI=1S/C20H23FO4/c1-12(17(22)15-2-4-16(21)5-3-15)25-18(23)19-7-13-6-14(8-19)10-20(24,9-13)11-19/h2-5,12-14,24H,6-11H2,1H3. The van der Waals surface area contributed by atoms with Gasteiger partial charge in [-0.3, -0.25) is 9.59 Å². The maximum absolute atomic E-state index is 13.0. The summed E-state index contributed by atoms with van der Waals surface area (Å²) in [6, 6.07) is 5.23. The Morgan fingerprint density at radius 1 is 1.16 bits per heavy atom. The number of Topliss-reactive ketones (excluding diaryl/α,β-unsaturated/α-hetero) is 1. The van der Waals surface area contributed by atoms with E-state index in [0.29, 0.717) is 23.8 Å². The molecule has 5 heteroatoms. The lowest BCUT2D eigenvalue weighted by Gasteiger charge is -2.58. The lowest BCUT2D eigenvalue weighted by molar-refractivity contribution is -0.197. The topological polar surface area (TPSA) is 63.6 Å². The van der Waals surface area contributed by atoms with E-state index < -0.39 is 22.9 Å². The summed E-state index contributed by atoms with van der Waals surface area (Å²) in [5.74, 6) is -0.355. The van der Waals surface area contributed by atoms with E-state index in [9.17, 15) is 19.1 Å². The molecule has 4 nitrogen and oxygen atoms in total. The molecule has 1 N–H and O–H groups in total. The van der Waals surface area contributed by atoms with Crippen molar-refractivity contribution in [3.8, 4) is 0 Å². The van der Waals surface area contributed by atoms with Crippen LogP contribution in [0.1, 0.15) is 55.8 Å². The molecule has 0 aliphatic heterocycles. The number of esters is 1. The van der Waals surface area contributed by atoms with Crippen LogP contribution < -0.4 is 0 Å². The summed E-state index contributed by atoms with van der Waals surface area (Å²) in [6.07, 6.45) is 3.68. The molecule has 0 amide bonds. The Balaban J connectivity index is 1.48. The molecular weight excluding hydrogens is 323 g/mol. The Kier molecular flexibility index (Phi) is 3.76. The molecule has 5 rings (SSSR count). The summed E-state index contributed by atoms with van der Waals surface area (Å²) in [4.78, 5) is 25.3. The Hall–Kier alpha value is -1.75. The van der Waals surface area contributed by atoms with E-state index in [-0.39, 0.29) is 11.8 Å². The normalized spacial score (nSPS) is 36.9. The quantitative estimate of drug-likeness (QED) is 0.671. The average molecular weight is 346 g/mol. The van der Waals surface area contributed by atoms with E-state index in [1.165, 1.54) is 24.3 Å². The van der Waals surface area contributed by atoms with Crippen molar-refractivity contribution in [2.45, 2.75) is 57.2 Å². The van der Waals surface area contributed by atoms with Crippen LogP contribution >= 0.6 is 0 Å². The summed E-state index contributed by atoms with van der Waals surface area (Å²) in [7, 11) is 0. The van der Waals surface area contributed by atoms with E-state index in [1.807, 2.05) is 0 Å². The number of rotatable bonds is 4. The molecule has 3 unspecified atom stereocenters. The first kappa shape index (κ1) is 16.7. The lowest BCUT2D eigenvalue weighted by Crippen LogP contribution is -2.58. The second-order valence-electron chi connectivity index (χ2n) is 8.38. The number of hydrogen-bond donors (Lipinski definition) is 1. The monoisotopic (exact) mass is 346 g/mol. The fraction of sp³-hybridized carbons (Fsp3) is 0.600. The molecule has 0 spiro atoms. The number of carbonyl (C=O) groups is 2. The van der Waals surface area contributed by atoms with Crippen LogP contribution in [-0.4, -0.2) is 28.6 Å². The Morgan fingerprint density at radius 3 is 2.32 bits per heavy atom. The molecular formula is C20H23FO4. The van der Waals surface area contributed by atoms with E-state index in [0.717, 1.165) is 32.1 Å². The number of halogens is 1. The van der Waals surface area contributed by atoms with Crippen molar-refractivity contribution in [2.24, 2.45) is 17.3 Å².